The maximum atomic E-state index is 13.6. The molecule has 37 heavy (non-hydrogen) atoms. The molecule has 0 bridgehead atoms. The van der Waals surface area contributed by atoms with Crippen LogP contribution in [0.1, 0.15) is 58.4 Å². The van der Waals surface area contributed by atoms with Gasteiger partial charge in [-0.15, -0.1) is 0 Å². The molecule has 0 spiro atoms. The third kappa shape index (κ3) is 7.30. The Labute approximate surface area is 227 Å². The molecule has 200 valence electrons. The minimum absolute atomic E-state index is 0.175. The van der Waals surface area contributed by atoms with Crippen LogP contribution >= 0.6 is 23.4 Å². The summed E-state index contributed by atoms with van der Waals surface area (Å²) in [5, 5.41) is 2.07. The standard InChI is InChI=1S/C27H34ClN3O5S/c1-27(2,3)36-26(34)29-31-16-37-24-21(25(33)30-35-15-18-7-5-4-6-8-18)14-19(23(32)22(24)31)13-17-9-11-20(28)12-10-17/h9-12,14,18-19H,4-8,13,15-16H2,1-3H3,(H,29,34)(H,30,33). The number of ketones is 1. The predicted octanol–water partition coefficient (Wildman–Crippen LogP) is 5.29. The van der Waals surface area contributed by atoms with Crippen LogP contribution in [0.3, 0.4) is 0 Å². The predicted molar refractivity (Wildman–Crippen MR) is 143 cm³/mol. The summed E-state index contributed by atoms with van der Waals surface area (Å²) >= 11 is 7.34. The second kappa shape index (κ2) is 11.9. The van der Waals surface area contributed by atoms with E-state index in [1.165, 1.54) is 36.0 Å². The highest BCUT2D eigenvalue weighted by molar-refractivity contribution is 8.03. The lowest BCUT2D eigenvalue weighted by Crippen LogP contribution is -2.45. The van der Waals surface area contributed by atoms with Crippen LogP contribution in [0.4, 0.5) is 4.79 Å². The quantitative estimate of drug-likeness (QED) is 0.447. The number of thioether (sulfide) groups is 1. The van der Waals surface area contributed by atoms with E-state index < -0.39 is 23.5 Å². The van der Waals surface area contributed by atoms with Gasteiger partial charge in [0.05, 0.1) is 23.0 Å². The molecule has 2 amide bonds. The summed E-state index contributed by atoms with van der Waals surface area (Å²) in [6.45, 7) is 5.77. The number of Topliss-reactive ketones (excluding diaryl/α,β-unsaturated/α-hetero) is 1. The number of hydroxylamine groups is 1. The number of halogens is 1. The number of nitrogens with one attached hydrogen (secondary N) is 2. The van der Waals surface area contributed by atoms with E-state index in [0.717, 1.165) is 18.4 Å². The summed E-state index contributed by atoms with van der Waals surface area (Å²) in [5.74, 6) is -0.454. The molecular weight excluding hydrogens is 514 g/mol. The van der Waals surface area contributed by atoms with Crippen LogP contribution < -0.4 is 10.9 Å². The number of ether oxygens (including phenoxy) is 1. The second-order valence-electron chi connectivity index (χ2n) is 10.6. The molecule has 2 N–H and O–H groups in total. The zero-order valence-corrected chi connectivity index (χ0v) is 23.0. The molecule has 0 aromatic heterocycles. The first-order valence-corrected chi connectivity index (χ1v) is 14.0. The van der Waals surface area contributed by atoms with Gasteiger partial charge in [-0.3, -0.25) is 19.4 Å². The van der Waals surface area contributed by atoms with Crippen LogP contribution in [0.15, 0.2) is 46.5 Å². The van der Waals surface area contributed by atoms with Gasteiger partial charge in [-0.2, -0.15) is 0 Å². The number of rotatable bonds is 7. The Hall–Kier alpha value is -2.49. The highest BCUT2D eigenvalue weighted by Gasteiger charge is 2.41. The van der Waals surface area contributed by atoms with Gasteiger partial charge in [0.15, 0.2) is 5.78 Å². The SMILES string of the molecule is CC(C)(C)OC(=O)NN1CSC2=C1C(=O)C(Cc1ccc(Cl)cc1)C=C2C(=O)NOCC1CCCCC1. The number of nitrogens with zero attached hydrogens (tertiary/aromatic N) is 1. The van der Waals surface area contributed by atoms with Crippen LogP contribution in [0.2, 0.25) is 5.02 Å². The molecule has 1 saturated carbocycles. The molecular formula is C27H34ClN3O5S. The number of benzene rings is 1. The smallest absolute Gasteiger partial charge is 0.426 e. The normalized spacial score (nSPS) is 20.4. The molecule has 1 fully saturated rings. The first-order chi connectivity index (χ1) is 17.6. The molecule has 0 saturated heterocycles. The van der Waals surface area contributed by atoms with Crippen molar-refractivity contribution in [2.75, 3.05) is 12.5 Å². The average molecular weight is 548 g/mol. The van der Waals surface area contributed by atoms with Gasteiger partial charge in [-0.05, 0) is 63.6 Å². The summed E-state index contributed by atoms with van der Waals surface area (Å²) < 4.78 is 5.37. The summed E-state index contributed by atoms with van der Waals surface area (Å²) in [6, 6.07) is 7.27. The molecule has 1 aromatic carbocycles. The molecule has 3 aliphatic rings. The zero-order valence-electron chi connectivity index (χ0n) is 21.5. The van der Waals surface area contributed by atoms with Gasteiger partial charge >= 0.3 is 6.09 Å². The van der Waals surface area contributed by atoms with Crippen molar-refractivity contribution in [2.24, 2.45) is 11.8 Å². The van der Waals surface area contributed by atoms with Crippen molar-refractivity contribution in [1.82, 2.24) is 15.9 Å². The zero-order chi connectivity index (χ0) is 26.6. The highest BCUT2D eigenvalue weighted by atomic mass is 35.5. The number of hydrogen-bond donors (Lipinski definition) is 2. The number of hydrogen-bond acceptors (Lipinski definition) is 7. The van der Waals surface area contributed by atoms with Gasteiger partial charge in [0.1, 0.15) is 11.3 Å². The third-order valence-electron chi connectivity index (χ3n) is 6.45. The number of carbonyl (C=O) groups excluding carboxylic acids is 3. The molecule has 8 nitrogen and oxygen atoms in total. The average Bonchev–Trinajstić information content (AvgIpc) is 3.25. The fourth-order valence-corrected chi connectivity index (χ4v) is 5.94. The Morgan fingerprint density at radius 2 is 1.84 bits per heavy atom. The minimum Gasteiger partial charge on any atom is -0.443 e. The van der Waals surface area contributed by atoms with Crippen molar-refractivity contribution in [2.45, 2.75) is 64.9 Å². The molecule has 1 aliphatic heterocycles. The van der Waals surface area contributed by atoms with Crippen molar-refractivity contribution in [3.05, 3.63) is 57.1 Å². The summed E-state index contributed by atoms with van der Waals surface area (Å²) in [7, 11) is 0. The van der Waals surface area contributed by atoms with Crippen molar-refractivity contribution in [1.29, 1.82) is 0 Å². The van der Waals surface area contributed by atoms with Gasteiger partial charge in [-0.1, -0.05) is 60.8 Å². The van der Waals surface area contributed by atoms with Crippen molar-refractivity contribution >= 4 is 41.1 Å². The fourth-order valence-electron chi connectivity index (χ4n) is 4.70. The Balaban J connectivity index is 1.53. The largest absolute Gasteiger partial charge is 0.443 e. The van der Waals surface area contributed by atoms with E-state index in [2.05, 4.69) is 10.9 Å². The maximum Gasteiger partial charge on any atom is 0.426 e. The maximum absolute atomic E-state index is 13.6. The van der Waals surface area contributed by atoms with E-state index in [-0.39, 0.29) is 17.4 Å². The molecule has 1 unspecified atom stereocenters. The van der Waals surface area contributed by atoms with E-state index in [9.17, 15) is 14.4 Å². The first kappa shape index (κ1) is 27.5. The monoisotopic (exact) mass is 547 g/mol. The van der Waals surface area contributed by atoms with Crippen molar-refractivity contribution < 1.29 is 24.0 Å². The van der Waals surface area contributed by atoms with E-state index >= 15 is 0 Å². The minimum atomic E-state index is -0.692. The highest BCUT2D eigenvalue weighted by Crippen LogP contribution is 2.42. The van der Waals surface area contributed by atoms with Crippen molar-refractivity contribution in [3.8, 4) is 0 Å². The molecule has 1 heterocycles. The third-order valence-corrected chi connectivity index (χ3v) is 7.79. The number of amides is 2. The number of hydrazine groups is 1. The van der Waals surface area contributed by atoms with Gasteiger partial charge in [0.2, 0.25) is 0 Å². The molecule has 1 atom stereocenters. The van der Waals surface area contributed by atoms with Crippen molar-refractivity contribution in [3.63, 3.8) is 0 Å². The number of carbonyl (C=O) groups is 3. The van der Waals surface area contributed by atoms with Gasteiger partial charge in [0.25, 0.3) is 5.91 Å². The van der Waals surface area contributed by atoms with E-state index in [1.54, 1.807) is 39.0 Å². The first-order valence-electron chi connectivity index (χ1n) is 12.7. The van der Waals surface area contributed by atoms with Gasteiger partial charge < -0.3 is 4.74 Å². The van der Waals surface area contributed by atoms with E-state index in [0.29, 0.717) is 34.4 Å². The van der Waals surface area contributed by atoms with Crippen LogP contribution in [0, 0.1) is 11.8 Å². The Morgan fingerprint density at radius 1 is 1.14 bits per heavy atom. The lowest BCUT2D eigenvalue weighted by atomic mass is 9.87. The van der Waals surface area contributed by atoms with Gasteiger partial charge in [-0.25, -0.2) is 15.7 Å². The Kier molecular flexibility index (Phi) is 8.87. The summed E-state index contributed by atoms with van der Waals surface area (Å²) in [4.78, 5) is 45.4. The molecule has 2 aliphatic carbocycles. The second-order valence-corrected chi connectivity index (χ2v) is 12.0. The summed E-state index contributed by atoms with van der Waals surface area (Å²) in [5.41, 5.74) is 6.14. The topological polar surface area (TPSA) is 97.0 Å². The van der Waals surface area contributed by atoms with E-state index in [1.807, 2.05) is 12.1 Å². The molecule has 0 radical (unpaired) electrons. The lowest BCUT2D eigenvalue weighted by molar-refractivity contribution is -0.130. The Morgan fingerprint density at radius 3 is 2.51 bits per heavy atom. The summed E-state index contributed by atoms with van der Waals surface area (Å²) in [6.07, 6.45) is 7.26. The fraction of sp³-hybridized carbons (Fsp3) is 0.519. The number of allylic oxidation sites excluding steroid dienone is 2. The molecule has 4 rings (SSSR count). The van der Waals surface area contributed by atoms with Crippen LogP contribution in [-0.2, 0) is 25.6 Å². The van der Waals surface area contributed by atoms with E-state index in [4.69, 9.17) is 21.2 Å². The lowest BCUT2D eigenvalue weighted by Gasteiger charge is -2.28. The van der Waals surface area contributed by atoms with Crippen LogP contribution in [-0.4, -0.2) is 40.9 Å². The van der Waals surface area contributed by atoms with Gasteiger partial charge in [0, 0.05) is 10.9 Å². The van der Waals surface area contributed by atoms with Crippen LogP contribution in [0.25, 0.3) is 0 Å². The Bertz CT molecular complexity index is 1090. The molecule has 10 heteroatoms. The van der Waals surface area contributed by atoms with Crippen LogP contribution in [0.5, 0.6) is 0 Å². The molecule has 1 aromatic rings.